The lowest BCUT2D eigenvalue weighted by Gasteiger charge is -2.24. The molecule has 3 nitrogen and oxygen atoms in total. The number of benzene rings is 1. The molecule has 0 amide bonds. The van der Waals surface area contributed by atoms with E-state index in [-0.39, 0.29) is 17.9 Å². The summed E-state index contributed by atoms with van der Waals surface area (Å²) in [5, 5.41) is 10.1. The molecule has 2 unspecified atom stereocenters. The lowest BCUT2D eigenvalue weighted by Crippen LogP contribution is -2.22. The van der Waals surface area contributed by atoms with Crippen molar-refractivity contribution < 1.29 is 14.6 Å². The molecule has 96 valence electrons. The molecule has 0 saturated carbocycles. The van der Waals surface area contributed by atoms with Crippen LogP contribution in [0.3, 0.4) is 0 Å². The van der Waals surface area contributed by atoms with Gasteiger partial charge in [0.2, 0.25) is 0 Å². The lowest BCUT2D eigenvalue weighted by molar-refractivity contribution is 0.101. The summed E-state index contributed by atoms with van der Waals surface area (Å²) >= 11 is 0. The Balaban J connectivity index is 3.04. The summed E-state index contributed by atoms with van der Waals surface area (Å²) in [5.41, 5.74) is 1.01. The van der Waals surface area contributed by atoms with Crippen molar-refractivity contribution in [2.45, 2.75) is 32.8 Å². The van der Waals surface area contributed by atoms with Gasteiger partial charge in [0, 0.05) is 12.0 Å². The molecule has 1 aromatic rings. The van der Waals surface area contributed by atoms with E-state index in [1.54, 1.807) is 14.2 Å². The number of aliphatic hydroxyl groups excluding tert-OH is 1. The summed E-state index contributed by atoms with van der Waals surface area (Å²) in [4.78, 5) is 0. The molecule has 0 saturated heterocycles. The fraction of sp³-hybridized carbons (Fsp3) is 0.571. The maximum atomic E-state index is 10.1. The van der Waals surface area contributed by atoms with Crippen LogP contribution in [0, 0.1) is 5.92 Å². The molecule has 0 aliphatic rings. The van der Waals surface area contributed by atoms with E-state index in [9.17, 15) is 5.11 Å². The second-order valence-corrected chi connectivity index (χ2v) is 4.63. The zero-order valence-corrected chi connectivity index (χ0v) is 11.2. The molecule has 17 heavy (non-hydrogen) atoms. The highest BCUT2D eigenvalue weighted by Crippen LogP contribution is 2.33. The molecule has 2 atom stereocenters. The number of ether oxygens (including phenoxy) is 2. The fourth-order valence-corrected chi connectivity index (χ4v) is 1.96. The van der Waals surface area contributed by atoms with Gasteiger partial charge in [0.25, 0.3) is 0 Å². The van der Waals surface area contributed by atoms with Gasteiger partial charge in [-0.1, -0.05) is 26.8 Å². The summed E-state index contributed by atoms with van der Waals surface area (Å²) < 4.78 is 10.5. The maximum Gasteiger partial charge on any atom is 0.126 e. The van der Waals surface area contributed by atoms with Gasteiger partial charge in [0.05, 0.1) is 20.3 Å². The maximum absolute atomic E-state index is 10.1. The first-order valence-electron chi connectivity index (χ1n) is 5.91. The van der Waals surface area contributed by atoms with Gasteiger partial charge in [-0.25, -0.2) is 0 Å². The molecular weight excluding hydrogens is 216 g/mol. The lowest BCUT2D eigenvalue weighted by atomic mass is 9.88. The molecule has 0 spiro atoms. The number of rotatable bonds is 5. The Morgan fingerprint density at radius 3 is 2.18 bits per heavy atom. The number of hydrogen-bond donors (Lipinski definition) is 1. The Kier molecular flexibility index (Phi) is 4.82. The van der Waals surface area contributed by atoms with E-state index in [1.807, 2.05) is 39.0 Å². The summed E-state index contributed by atoms with van der Waals surface area (Å²) in [6.07, 6.45) is -0.378. The Hall–Kier alpha value is -1.22. The third-order valence-electron chi connectivity index (χ3n) is 3.13. The average molecular weight is 238 g/mol. The van der Waals surface area contributed by atoms with Gasteiger partial charge in [-0.2, -0.15) is 0 Å². The van der Waals surface area contributed by atoms with Gasteiger partial charge >= 0.3 is 0 Å². The number of aliphatic hydroxyl groups is 1. The van der Waals surface area contributed by atoms with Crippen molar-refractivity contribution in [1.29, 1.82) is 0 Å². The molecule has 0 aliphatic carbocycles. The highest BCUT2D eigenvalue weighted by Gasteiger charge is 2.22. The van der Waals surface area contributed by atoms with E-state index in [0.29, 0.717) is 0 Å². The first-order chi connectivity index (χ1) is 8.01. The molecule has 0 aliphatic heterocycles. The first kappa shape index (κ1) is 13.8. The van der Waals surface area contributed by atoms with Crippen LogP contribution in [0.25, 0.3) is 0 Å². The topological polar surface area (TPSA) is 38.7 Å². The van der Waals surface area contributed by atoms with Crippen molar-refractivity contribution in [3.63, 3.8) is 0 Å². The SMILES string of the molecule is COc1ccc(C(C)C(O)C(C)C)c(OC)c1. The van der Waals surface area contributed by atoms with Crippen LogP contribution in [-0.2, 0) is 0 Å². The predicted octanol–water partition coefficient (Wildman–Crippen LogP) is 2.82. The third-order valence-corrected chi connectivity index (χ3v) is 3.13. The van der Waals surface area contributed by atoms with Crippen LogP contribution in [0.2, 0.25) is 0 Å². The minimum Gasteiger partial charge on any atom is -0.497 e. The Bertz CT molecular complexity index is 360. The zero-order valence-electron chi connectivity index (χ0n) is 11.2. The zero-order chi connectivity index (χ0) is 13.0. The molecule has 3 heteroatoms. The fourth-order valence-electron chi connectivity index (χ4n) is 1.96. The molecule has 0 fully saturated rings. The first-order valence-corrected chi connectivity index (χ1v) is 5.91. The third kappa shape index (κ3) is 3.13. The largest absolute Gasteiger partial charge is 0.497 e. The van der Waals surface area contributed by atoms with Crippen LogP contribution < -0.4 is 9.47 Å². The van der Waals surface area contributed by atoms with E-state index in [2.05, 4.69) is 0 Å². The van der Waals surface area contributed by atoms with Crippen LogP contribution in [0.4, 0.5) is 0 Å². The monoisotopic (exact) mass is 238 g/mol. The predicted molar refractivity (Wildman–Crippen MR) is 68.8 cm³/mol. The molecule has 1 N–H and O–H groups in total. The van der Waals surface area contributed by atoms with Gasteiger partial charge < -0.3 is 14.6 Å². The van der Waals surface area contributed by atoms with E-state index in [1.165, 1.54) is 0 Å². The summed E-state index contributed by atoms with van der Waals surface area (Å²) in [5.74, 6) is 1.78. The van der Waals surface area contributed by atoms with Gasteiger partial charge in [-0.3, -0.25) is 0 Å². The number of hydrogen-bond acceptors (Lipinski definition) is 3. The number of methoxy groups -OCH3 is 2. The van der Waals surface area contributed by atoms with E-state index >= 15 is 0 Å². The van der Waals surface area contributed by atoms with Crippen LogP contribution in [-0.4, -0.2) is 25.4 Å². The highest BCUT2D eigenvalue weighted by atomic mass is 16.5. The second kappa shape index (κ2) is 5.92. The normalized spacial score (nSPS) is 14.5. The minimum absolute atomic E-state index is 0.0378. The van der Waals surface area contributed by atoms with Crippen molar-refractivity contribution in [3.8, 4) is 11.5 Å². The summed E-state index contributed by atoms with van der Waals surface area (Å²) in [6, 6.07) is 5.69. The van der Waals surface area contributed by atoms with Crippen molar-refractivity contribution >= 4 is 0 Å². The smallest absolute Gasteiger partial charge is 0.126 e. The summed E-state index contributed by atoms with van der Waals surface area (Å²) in [6.45, 7) is 6.03. The molecule has 0 heterocycles. The van der Waals surface area contributed by atoms with Gasteiger partial charge in [0.1, 0.15) is 11.5 Å². The quantitative estimate of drug-likeness (QED) is 0.857. The van der Waals surface area contributed by atoms with E-state index in [0.717, 1.165) is 17.1 Å². The Morgan fingerprint density at radius 1 is 1.06 bits per heavy atom. The molecule has 0 radical (unpaired) electrons. The van der Waals surface area contributed by atoms with Crippen LogP contribution in [0.1, 0.15) is 32.3 Å². The van der Waals surface area contributed by atoms with Crippen LogP contribution >= 0.6 is 0 Å². The Morgan fingerprint density at radius 2 is 1.71 bits per heavy atom. The standard InChI is InChI=1S/C14H22O3/c1-9(2)14(15)10(3)12-7-6-11(16-4)8-13(12)17-5/h6-10,14-15H,1-5H3. The van der Waals surface area contributed by atoms with Crippen molar-refractivity contribution in [2.24, 2.45) is 5.92 Å². The summed E-state index contributed by atoms with van der Waals surface area (Å²) in [7, 11) is 3.26. The minimum atomic E-state index is -0.378. The molecule has 1 aromatic carbocycles. The van der Waals surface area contributed by atoms with Crippen molar-refractivity contribution in [1.82, 2.24) is 0 Å². The molecular formula is C14H22O3. The second-order valence-electron chi connectivity index (χ2n) is 4.63. The highest BCUT2D eigenvalue weighted by molar-refractivity contribution is 5.43. The average Bonchev–Trinajstić information content (AvgIpc) is 2.35. The van der Waals surface area contributed by atoms with Crippen molar-refractivity contribution in [2.75, 3.05) is 14.2 Å². The van der Waals surface area contributed by atoms with Gasteiger partial charge in [0.15, 0.2) is 0 Å². The molecule has 1 rings (SSSR count). The van der Waals surface area contributed by atoms with Crippen LogP contribution in [0.15, 0.2) is 18.2 Å². The van der Waals surface area contributed by atoms with Crippen LogP contribution in [0.5, 0.6) is 11.5 Å². The van der Waals surface area contributed by atoms with Crippen molar-refractivity contribution in [3.05, 3.63) is 23.8 Å². The van der Waals surface area contributed by atoms with E-state index in [4.69, 9.17) is 9.47 Å². The molecule has 0 aromatic heterocycles. The van der Waals surface area contributed by atoms with Gasteiger partial charge in [-0.15, -0.1) is 0 Å². The molecule has 0 bridgehead atoms. The van der Waals surface area contributed by atoms with Gasteiger partial charge in [-0.05, 0) is 17.5 Å². The Labute approximate surface area is 103 Å². The van der Waals surface area contributed by atoms with E-state index < -0.39 is 0 Å².